The Hall–Kier alpha value is -0.680. The summed E-state index contributed by atoms with van der Waals surface area (Å²) in [4.78, 5) is 17.9. The Balaban J connectivity index is 2.89. The van der Waals surface area contributed by atoms with Crippen LogP contribution in [-0.4, -0.2) is 9.97 Å². The second-order valence-corrected chi connectivity index (χ2v) is 4.31. The van der Waals surface area contributed by atoms with Gasteiger partial charge in [-0.3, -0.25) is 4.79 Å². The predicted molar refractivity (Wildman–Crippen MR) is 57.8 cm³/mol. The second kappa shape index (κ2) is 3.23. The summed E-state index contributed by atoms with van der Waals surface area (Å²) in [5.41, 5.74) is 0.429. The first kappa shape index (κ1) is 8.90. The Morgan fingerprint density at radius 2 is 2.08 bits per heavy atom. The lowest BCUT2D eigenvalue weighted by Crippen LogP contribution is -2.06. The quantitative estimate of drug-likeness (QED) is 0.812. The van der Waals surface area contributed by atoms with Crippen LogP contribution in [-0.2, 0) is 0 Å². The number of halogens is 2. The van der Waals surface area contributed by atoms with Crippen LogP contribution >= 0.6 is 31.9 Å². The lowest BCUT2D eigenvalue weighted by Gasteiger charge is -1.97. The number of nitrogens with one attached hydrogen (secondary N) is 1. The van der Waals surface area contributed by atoms with Crippen molar-refractivity contribution >= 4 is 42.9 Å². The minimum absolute atomic E-state index is 0.165. The van der Waals surface area contributed by atoms with Gasteiger partial charge in [0, 0.05) is 16.1 Å². The third-order valence-corrected chi connectivity index (χ3v) is 2.64. The van der Waals surface area contributed by atoms with Gasteiger partial charge in [-0.1, -0.05) is 0 Å². The lowest BCUT2D eigenvalue weighted by atomic mass is 10.3. The molecule has 0 unspecified atom stereocenters. The molecule has 0 aliphatic carbocycles. The number of nitrogens with zero attached hydrogens (tertiary/aromatic N) is 1. The third kappa shape index (κ3) is 1.66. The number of pyridine rings is 2. The van der Waals surface area contributed by atoms with E-state index in [1.54, 1.807) is 12.3 Å². The normalized spacial score (nSPS) is 10.6. The van der Waals surface area contributed by atoms with Gasteiger partial charge in [0.05, 0.1) is 4.47 Å². The molecule has 0 spiro atoms. The highest BCUT2D eigenvalue weighted by atomic mass is 79.9. The molecule has 0 aliphatic heterocycles. The molecule has 2 aromatic rings. The van der Waals surface area contributed by atoms with E-state index in [-0.39, 0.29) is 5.56 Å². The van der Waals surface area contributed by atoms with Crippen LogP contribution < -0.4 is 5.56 Å². The first-order valence-electron chi connectivity index (χ1n) is 3.51. The highest BCUT2D eigenvalue weighted by Gasteiger charge is 2.00. The number of fused-ring (bicyclic) bond motifs is 1. The van der Waals surface area contributed by atoms with E-state index in [1.807, 2.05) is 6.07 Å². The molecule has 0 aliphatic rings. The summed E-state index contributed by atoms with van der Waals surface area (Å²) in [6.07, 6.45) is 1.65. The summed E-state index contributed by atoms with van der Waals surface area (Å²) >= 11 is 6.46. The Kier molecular flexibility index (Phi) is 2.21. The number of aromatic nitrogens is 2. The van der Waals surface area contributed by atoms with Crippen molar-refractivity contribution in [2.75, 3.05) is 0 Å². The molecule has 66 valence electrons. The van der Waals surface area contributed by atoms with Crippen LogP contribution in [0.2, 0.25) is 0 Å². The summed E-state index contributed by atoms with van der Waals surface area (Å²) < 4.78 is 1.40. The average Bonchev–Trinajstić information content (AvgIpc) is 2.08. The maximum absolute atomic E-state index is 11.2. The van der Waals surface area contributed by atoms with Gasteiger partial charge in [-0.2, -0.15) is 0 Å². The molecular formula is C8H4Br2N2O. The molecule has 5 heteroatoms. The number of aromatic amines is 1. The van der Waals surface area contributed by atoms with E-state index < -0.39 is 0 Å². The van der Waals surface area contributed by atoms with Crippen molar-refractivity contribution in [2.45, 2.75) is 0 Å². The molecule has 2 rings (SSSR count). The number of rotatable bonds is 0. The molecule has 0 saturated carbocycles. The zero-order valence-electron chi connectivity index (χ0n) is 6.34. The molecular weight excluding hydrogens is 300 g/mol. The Bertz CT molecular complexity index is 521. The predicted octanol–water partition coefficient (Wildman–Crippen LogP) is 2.45. The van der Waals surface area contributed by atoms with Gasteiger partial charge in [0.1, 0.15) is 5.65 Å². The molecule has 0 fully saturated rings. The second-order valence-electron chi connectivity index (χ2n) is 2.54. The van der Waals surface area contributed by atoms with E-state index in [1.165, 1.54) is 0 Å². The number of H-pyrrole nitrogens is 1. The first-order valence-corrected chi connectivity index (χ1v) is 5.09. The van der Waals surface area contributed by atoms with E-state index in [9.17, 15) is 4.79 Å². The zero-order chi connectivity index (χ0) is 9.42. The smallest absolute Gasteiger partial charge is 0.263 e. The van der Waals surface area contributed by atoms with Crippen molar-refractivity contribution in [3.8, 4) is 0 Å². The van der Waals surface area contributed by atoms with Crippen molar-refractivity contribution in [3.05, 3.63) is 37.6 Å². The molecule has 0 atom stereocenters. The largest absolute Gasteiger partial charge is 0.306 e. The molecule has 3 nitrogen and oxygen atoms in total. The van der Waals surface area contributed by atoms with Gasteiger partial charge < -0.3 is 4.98 Å². The topological polar surface area (TPSA) is 45.8 Å². The lowest BCUT2D eigenvalue weighted by molar-refractivity contribution is 1.21. The molecule has 2 aromatic heterocycles. The van der Waals surface area contributed by atoms with Gasteiger partial charge in [-0.05, 0) is 44.0 Å². The van der Waals surface area contributed by atoms with Gasteiger partial charge in [0.15, 0.2) is 0 Å². The van der Waals surface area contributed by atoms with Crippen molar-refractivity contribution in [1.82, 2.24) is 9.97 Å². The highest BCUT2D eigenvalue weighted by Crippen LogP contribution is 2.16. The molecule has 0 amide bonds. The molecule has 2 heterocycles. The minimum atomic E-state index is -0.165. The Morgan fingerprint density at radius 1 is 1.31 bits per heavy atom. The summed E-state index contributed by atoms with van der Waals surface area (Å²) in [5.74, 6) is 0. The fourth-order valence-electron chi connectivity index (χ4n) is 1.04. The van der Waals surface area contributed by atoms with Crippen LogP contribution in [0, 0.1) is 0 Å². The molecule has 0 saturated heterocycles. The molecule has 0 bridgehead atoms. The summed E-state index contributed by atoms with van der Waals surface area (Å²) in [7, 11) is 0. The minimum Gasteiger partial charge on any atom is -0.306 e. The van der Waals surface area contributed by atoms with E-state index in [0.29, 0.717) is 10.1 Å². The molecule has 0 radical (unpaired) electrons. The van der Waals surface area contributed by atoms with E-state index >= 15 is 0 Å². The first-order chi connectivity index (χ1) is 6.16. The van der Waals surface area contributed by atoms with Crippen molar-refractivity contribution in [3.63, 3.8) is 0 Å². The number of hydrogen-bond donors (Lipinski definition) is 1. The van der Waals surface area contributed by atoms with Crippen LogP contribution in [0.15, 0.2) is 32.1 Å². The van der Waals surface area contributed by atoms with E-state index in [0.717, 1.165) is 9.86 Å². The van der Waals surface area contributed by atoms with Gasteiger partial charge >= 0.3 is 0 Å². The number of hydrogen-bond acceptors (Lipinski definition) is 2. The van der Waals surface area contributed by atoms with Gasteiger partial charge in [-0.25, -0.2) is 4.98 Å². The SMILES string of the molecule is O=c1[nH]c2ncc(Br)cc2cc1Br. The maximum atomic E-state index is 11.2. The van der Waals surface area contributed by atoms with Crippen LogP contribution in [0.3, 0.4) is 0 Å². The van der Waals surface area contributed by atoms with Crippen molar-refractivity contribution in [1.29, 1.82) is 0 Å². The molecule has 13 heavy (non-hydrogen) atoms. The third-order valence-electron chi connectivity index (χ3n) is 1.61. The fourth-order valence-corrected chi connectivity index (χ4v) is 1.73. The fraction of sp³-hybridized carbons (Fsp3) is 0. The molecule has 1 N–H and O–H groups in total. The van der Waals surface area contributed by atoms with Crippen LogP contribution in [0.5, 0.6) is 0 Å². The Labute approximate surface area is 90.4 Å². The zero-order valence-corrected chi connectivity index (χ0v) is 9.52. The average molecular weight is 304 g/mol. The summed E-state index contributed by atoms with van der Waals surface area (Å²) in [5, 5.41) is 0.890. The van der Waals surface area contributed by atoms with Gasteiger partial charge in [0.2, 0.25) is 0 Å². The van der Waals surface area contributed by atoms with E-state index in [4.69, 9.17) is 0 Å². The van der Waals surface area contributed by atoms with Gasteiger partial charge in [-0.15, -0.1) is 0 Å². The van der Waals surface area contributed by atoms with Crippen LogP contribution in [0.1, 0.15) is 0 Å². The van der Waals surface area contributed by atoms with Crippen LogP contribution in [0.4, 0.5) is 0 Å². The van der Waals surface area contributed by atoms with Crippen molar-refractivity contribution < 1.29 is 0 Å². The van der Waals surface area contributed by atoms with Crippen molar-refractivity contribution in [2.24, 2.45) is 0 Å². The highest BCUT2D eigenvalue weighted by molar-refractivity contribution is 9.10. The van der Waals surface area contributed by atoms with Crippen LogP contribution in [0.25, 0.3) is 11.0 Å². The summed E-state index contributed by atoms with van der Waals surface area (Å²) in [6, 6.07) is 3.63. The Morgan fingerprint density at radius 3 is 2.85 bits per heavy atom. The van der Waals surface area contributed by atoms with E-state index in [2.05, 4.69) is 41.8 Å². The molecule has 0 aromatic carbocycles. The van der Waals surface area contributed by atoms with Gasteiger partial charge in [0.25, 0.3) is 5.56 Å². The maximum Gasteiger partial charge on any atom is 0.263 e. The summed E-state index contributed by atoms with van der Waals surface area (Å²) in [6.45, 7) is 0. The monoisotopic (exact) mass is 302 g/mol. The standard InChI is InChI=1S/C8H4Br2N2O/c9-5-1-4-2-6(10)8(13)12-7(4)11-3-5/h1-3H,(H,11,12,13).